The highest BCUT2D eigenvalue weighted by Crippen LogP contribution is 2.20. The van der Waals surface area contributed by atoms with Crippen molar-refractivity contribution in [1.82, 2.24) is 5.32 Å². The molecule has 0 saturated heterocycles. The van der Waals surface area contributed by atoms with E-state index in [4.69, 9.17) is 10.8 Å². The number of carboxylic acids is 1. The molecular weight excluding hydrogens is 396 g/mol. The number of carbonyl (C=O) groups is 3. The summed E-state index contributed by atoms with van der Waals surface area (Å²) in [5, 5.41) is 11.4. The first-order valence-electron chi connectivity index (χ1n) is 5.57. The minimum atomic E-state index is -1.21. The van der Waals surface area contributed by atoms with Gasteiger partial charge in [-0.2, -0.15) is 0 Å². The first kappa shape index (κ1) is 16.6. The number of hydrogen-bond acceptors (Lipinski definition) is 3. The predicted molar refractivity (Wildman–Crippen MR) is 79.2 cm³/mol. The molecule has 1 aromatic rings. The number of amides is 2. The van der Waals surface area contributed by atoms with Crippen molar-refractivity contribution in [2.45, 2.75) is 18.9 Å². The Labute approximate surface area is 132 Å². The quantitative estimate of drug-likeness (QED) is 0.665. The van der Waals surface area contributed by atoms with E-state index in [2.05, 4.69) is 37.2 Å². The zero-order chi connectivity index (χ0) is 15.3. The van der Waals surface area contributed by atoms with Gasteiger partial charge < -0.3 is 16.2 Å². The Morgan fingerprint density at radius 1 is 1.20 bits per heavy atom. The third kappa shape index (κ3) is 5.30. The van der Waals surface area contributed by atoms with Crippen molar-refractivity contribution in [3.05, 3.63) is 32.7 Å². The lowest BCUT2D eigenvalue weighted by atomic mass is 10.1. The highest BCUT2D eigenvalue weighted by atomic mass is 79.9. The van der Waals surface area contributed by atoms with Crippen LogP contribution in [-0.2, 0) is 9.59 Å². The van der Waals surface area contributed by atoms with Crippen molar-refractivity contribution in [2.24, 2.45) is 5.73 Å². The molecule has 0 aliphatic rings. The molecule has 0 saturated carbocycles. The molecule has 6 nitrogen and oxygen atoms in total. The lowest BCUT2D eigenvalue weighted by Gasteiger charge is -2.14. The molecule has 8 heteroatoms. The molecule has 1 atom stereocenters. The van der Waals surface area contributed by atoms with E-state index >= 15 is 0 Å². The van der Waals surface area contributed by atoms with Gasteiger partial charge in [0.25, 0.3) is 5.91 Å². The van der Waals surface area contributed by atoms with Crippen LogP contribution in [0.4, 0.5) is 0 Å². The summed E-state index contributed by atoms with van der Waals surface area (Å²) in [4.78, 5) is 33.7. The molecule has 2 amide bonds. The normalized spacial score (nSPS) is 11.7. The number of carbonyl (C=O) groups excluding carboxylic acids is 2. The molecule has 1 unspecified atom stereocenters. The number of primary amides is 1. The van der Waals surface area contributed by atoms with E-state index in [9.17, 15) is 14.4 Å². The van der Waals surface area contributed by atoms with Crippen LogP contribution < -0.4 is 11.1 Å². The van der Waals surface area contributed by atoms with Crippen LogP contribution in [-0.4, -0.2) is 28.9 Å². The maximum Gasteiger partial charge on any atom is 0.326 e. The smallest absolute Gasteiger partial charge is 0.326 e. The number of halogens is 2. The van der Waals surface area contributed by atoms with Gasteiger partial charge in [0.05, 0.1) is 0 Å². The first-order chi connectivity index (χ1) is 9.29. The fourth-order valence-corrected chi connectivity index (χ4v) is 2.76. The Balaban J connectivity index is 2.79. The summed E-state index contributed by atoms with van der Waals surface area (Å²) in [5.74, 6) is -2.37. The second-order valence-corrected chi connectivity index (χ2v) is 5.86. The van der Waals surface area contributed by atoms with Gasteiger partial charge >= 0.3 is 5.97 Å². The number of rotatable bonds is 6. The first-order valence-corrected chi connectivity index (χ1v) is 7.16. The molecule has 20 heavy (non-hydrogen) atoms. The molecule has 0 radical (unpaired) electrons. The molecule has 0 fully saturated rings. The zero-order valence-electron chi connectivity index (χ0n) is 10.2. The van der Waals surface area contributed by atoms with E-state index < -0.39 is 23.8 Å². The second kappa shape index (κ2) is 7.39. The van der Waals surface area contributed by atoms with Gasteiger partial charge in [-0.3, -0.25) is 9.59 Å². The summed E-state index contributed by atoms with van der Waals surface area (Å²) in [6, 6.07) is 3.71. The van der Waals surface area contributed by atoms with E-state index in [0.717, 1.165) is 0 Å². The second-order valence-electron chi connectivity index (χ2n) is 4.03. The van der Waals surface area contributed by atoms with Crippen molar-refractivity contribution in [1.29, 1.82) is 0 Å². The molecule has 0 bridgehead atoms. The maximum atomic E-state index is 12.0. The van der Waals surface area contributed by atoms with Crippen LogP contribution >= 0.6 is 31.9 Å². The maximum absolute atomic E-state index is 12.0. The number of aliphatic carboxylic acids is 1. The molecule has 0 aliphatic carbocycles. The van der Waals surface area contributed by atoms with Gasteiger partial charge in [0.15, 0.2) is 0 Å². The van der Waals surface area contributed by atoms with Gasteiger partial charge in [-0.15, -0.1) is 0 Å². The van der Waals surface area contributed by atoms with Crippen LogP contribution in [0.3, 0.4) is 0 Å². The van der Waals surface area contributed by atoms with E-state index in [1.54, 1.807) is 18.2 Å². The Hall–Kier alpha value is -1.41. The predicted octanol–water partition coefficient (Wildman–Crippen LogP) is 1.66. The topological polar surface area (TPSA) is 109 Å². The largest absolute Gasteiger partial charge is 0.480 e. The monoisotopic (exact) mass is 406 g/mol. The van der Waals surface area contributed by atoms with Crippen LogP contribution in [0.5, 0.6) is 0 Å². The third-order valence-electron chi connectivity index (χ3n) is 2.41. The van der Waals surface area contributed by atoms with Crippen LogP contribution in [0.15, 0.2) is 27.1 Å². The Morgan fingerprint density at radius 2 is 1.75 bits per heavy atom. The fraction of sp³-hybridized carbons (Fsp3) is 0.250. The molecule has 0 heterocycles. The minimum absolute atomic E-state index is 0.0500. The molecule has 0 aromatic heterocycles. The summed E-state index contributed by atoms with van der Waals surface area (Å²) in [6.45, 7) is 0. The molecule has 0 aliphatic heterocycles. The summed E-state index contributed by atoms with van der Waals surface area (Å²) in [6.07, 6.45) is -0.162. The highest BCUT2D eigenvalue weighted by Gasteiger charge is 2.21. The Morgan fingerprint density at radius 3 is 2.20 bits per heavy atom. The van der Waals surface area contributed by atoms with Crippen molar-refractivity contribution in [2.75, 3.05) is 0 Å². The standard InChI is InChI=1S/C12H12Br2N2O4/c13-7-3-6(4-8(14)5-7)11(18)16-9(12(19)20)1-2-10(15)17/h3-5,9H,1-2H2,(H2,15,17)(H,16,18)(H,19,20). The van der Waals surface area contributed by atoms with Crippen molar-refractivity contribution < 1.29 is 19.5 Å². The van der Waals surface area contributed by atoms with E-state index in [0.29, 0.717) is 14.5 Å². The van der Waals surface area contributed by atoms with Gasteiger partial charge in [0.1, 0.15) is 6.04 Å². The SMILES string of the molecule is NC(=O)CCC(NC(=O)c1cc(Br)cc(Br)c1)C(=O)O. The van der Waals surface area contributed by atoms with Gasteiger partial charge in [0.2, 0.25) is 5.91 Å². The fourth-order valence-electron chi connectivity index (χ4n) is 1.47. The molecule has 4 N–H and O–H groups in total. The Kier molecular flexibility index (Phi) is 6.15. The average molecular weight is 408 g/mol. The third-order valence-corrected chi connectivity index (χ3v) is 3.32. The van der Waals surface area contributed by atoms with Gasteiger partial charge in [-0.05, 0) is 24.6 Å². The molecule has 1 rings (SSSR count). The number of nitrogens with two attached hydrogens (primary N) is 1. The van der Waals surface area contributed by atoms with Gasteiger partial charge in [-0.1, -0.05) is 31.9 Å². The molecule has 0 spiro atoms. The summed E-state index contributed by atoms with van der Waals surface area (Å²) < 4.78 is 1.36. The number of benzene rings is 1. The number of nitrogens with one attached hydrogen (secondary N) is 1. The Bertz CT molecular complexity index is 528. The molecular formula is C12H12Br2N2O4. The average Bonchev–Trinajstić information content (AvgIpc) is 2.32. The van der Waals surface area contributed by atoms with Crippen LogP contribution in [0.2, 0.25) is 0 Å². The van der Waals surface area contributed by atoms with Gasteiger partial charge in [0, 0.05) is 20.9 Å². The lowest BCUT2D eigenvalue weighted by Crippen LogP contribution is -2.41. The van der Waals surface area contributed by atoms with Crippen LogP contribution in [0, 0.1) is 0 Å². The van der Waals surface area contributed by atoms with E-state index in [1.807, 2.05) is 0 Å². The zero-order valence-corrected chi connectivity index (χ0v) is 13.4. The summed E-state index contributed by atoms with van der Waals surface area (Å²) in [5.41, 5.74) is 5.27. The van der Waals surface area contributed by atoms with Crippen LogP contribution in [0.1, 0.15) is 23.2 Å². The highest BCUT2D eigenvalue weighted by molar-refractivity contribution is 9.11. The van der Waals surface area contributed by atoms with E-state index in [1.165, 1.54) is 0 Å². The lowest BCUT2D eigenvalue weighted by molar-refractivity contribution is -0.139. The number of hydrogen-bond donors (Lipinski definition) is 3. The minimum Gasteiger partial charge on any atom is -0.480 e. The molecule has 108 valence electrons. The molecule has 1 aromatic carbocycles. The summed E-state index contributed by atoms with van der Waals surface area (Å²) in [7, 11) is 0. The van der Waals surface area contributed by atoms with E-state index in [-0.39, 0.29) is 12.8 Å². The van der Waals surface area contributed by atoms with Gasteiger partial charge in [-0.25, -0.2) is 4.79 Å². The van der Waals surface area contributed by atoms with Crippen molar-refractivity contribution >= 4 is 49.6 Å². The van der Waals surface area contributed by atoms with Crippen molar-refractivity contribution in [3.8, 4) is 0 Å². The van der Waals surface area contributed by atoms with Crippen LogP contribution in [0.25, 0.3) is 0 Å². The number of carboxylic acid groups (broad SMARTS) is 1. The summed E-state index contributed by atoms with van der Waals surface area (Å²) >= 11 is 6.48. The van der Waals surface area contributed by atoms with Crippen molar-refractivity contribution in [3.63, 3.8) is 0 Å².